The average Bonchev–Trinajstić information content (AvgIpc) is 3.59. The third-order valence-corrected chi connectivity index (χ3v) is 6.44. The summed E-state index contributed by atoms with van der Waals surface area (Å²) in [7, 11) is 0. The molecule has 1 aliphatic heterocycles. The molecule has 1 aromatic carbocycles. The van der Waals surface area contributed by atoms with Crippen molar-refractivity contribution < 1.29 is 0 Å². The van der Waals surface area contributed by atoms with Crippen molar-refractivity contribution in [2.75, 3.05) is 5.73 Å². The van der Waals surface area contributed by atoms with Crippen molar-refractivity contribution in [3.63, 3.8) is 0 Å². The largest absolute Gasteiger partial charge is 0.382 e. The van der Waals surface area contributed by atoms with Crippen LogP contribution in [0.15, 0.2) is 53.6 Å². The number of imidazole rings is 1. The molecular formula is C22H16Cl2N10O. The van der Waals surface area contributed by atoms with Crippen LogP contribution < -0.4 is 11.3 Å². The van der Waals surface area contributed by atoms with E-state index in [1.165, 1.54) is 11.0 Å². The van der Waals surface area contributed by atoms with E-state index in [-0.39, 0.29) is 16.8 Å². The Hall–Kier alpha value is -4.09. The standard InChI is InChI=1S/C22H16Cl2N10O/c23-12-1-4-16(33-10-26-31-32-33)14(9-12)11-7-13-2-5-17(34(13)19(35)8-11)22-27-20(21(24)28-22)15-3-6-18(25)30-29-15/h1,3-4,6-10,17H,2,5H2,(H2,25,30)(H,27,28)/t17-/m0/s1. The van der Waals surface area contributed by atoms with Crippen LogP contribution in [-0.4, -0.2) is 44.9 Å². The molecule has 4 aromatic heterocycles. The molecule has 5 heterocycles. The van der Waals surface area contributed by atoms with Gasteiger partial charge in [0, 0.05) is 22.3 Å². The fraction of sp³-hybridized carbons (Fsp3) is 0.136. The lowest BCUT2D eigenvalue weighted by atomic mass is 10.0. The normalized spacial score (nSPS) is 14.9. The number of anilines is 1. The minimum atomic E-state index is -0.294. The lowest BCUT2D eigenvalue weighted by molar-refractivity contribution is 0.572. The van der Waals surface area contributed by atoms with Crippen LogP contribution in [0.5, 0.6) is 0 Å². The van der Waals surface area contributed by atoms with Crippen LogP contribution in [-0.2, 0) is 6.42 Å². The van der Waals surface area contributed by atoms with Crippen molar-refractivity contribution >= 4 is 29.0 Å². The highest BCUT2D eigenvalue weighted by Gasteiger charge is 2.29. The monoisotopic (exact) mass is 506 g/mol. The Labute approximate surface area is 207 Å². The number of fused-ring (bicyclic) bond motifs is 1. The minimum absolute atomic E-state index is 0.163. The van der Waals surface area contributed by atoms with Gasteiger partial charge in [-0.25, -0.2) is 4.98 Å². The number of nitrogens with two attached hydrogens (primary N) is 1. The highest BCUT2D eigenvalue weighted by atomic mass is 35.5. The van der Waals surface area contributed by atoms with E-state index in [0.29, 0.717) is 46.6 Å². The number of aryl methyl sites for hydroxylation is 1. The number of aromatic nitrogens is 9. The number of halogens is 2. The van der Waals surface area contributed by atoms with Gasteiger partial charge in [-0.2, -0.15) is 4.68 Å². The molecule has 1 atom stereocenters. The molecule has 35 heavy (non-hydrogen) atoms. The summed E-state index contributed by atoms with van der Waals surface area (Å²) >= 11 is 12.7. The lowest BCUT2D eigenvalue weighted by Gasteiger charge is -2.15. The highest BCUT2D eigenvalue weighted by Crippen LogP contribution is 2.35. The van der Waals surface area contributed by atoms with E-state index in [2.05, 4.69) is 35.7 Å². The molecular weight excluding hydrogens is 491 g/mol. The van der Waals surface area contributed by atoms with E-state index in [9.17, 15) is 4.79 Å². The number of nitrogens with one attached hydrogen (secondary N) is 1. The maximum Gasteiger partial charge on any atom is 0.252 e. The van der Waals surface area contributed by atoms with E-state index < -0.39 is 0 Å². The lowest BCUT2D eigenvalue weighted by Crippen LogP contribution is -2.24. The van der Waals surface area contributed by atoms with Crippen LogP contribution in [0.1, 0.15) is 24.0 Å². The molecule has 0 amide bonds. The third kappa shape index (κ3) is 3.74. The Morgan fingerprint density at radius 2 is 1.97 bits per heavy atom. The predicted octanol–water partition coefficient (Wildman–Crippen LogP) is 3.10. The van der Waals surface area contributed by atoms with E-state index in [4.69, 9.17) is 28.9 Å². The number of nitrogens with zero attached hydrogens (tertiary/aromatic N) is 8. The van der Waals surface area contributed by atoms with Crippen molar-refractivity contribution in [1.29, 1.82) is 0 Å². The number of tetrazole rings is 1. The molecule has 11 nitrogen and oxygen atoms in total. The number of nitrogen functional groups attached to an aromatic ring is 1. The van der Waals surface area contributed by atoms with Gasteiger partial charge in [-0.1, -0.05) is 23.2 Å². The number of aromatic amines is 1. The molecule has 174 valence electrons. The highest BCUT2D eigenvalue weighted by molar-refractivity contribution is 6.32. The molecule has 0 saturated heterocycles. The molecule has 3 N–H and O–H groups in total. The molecule has 13 heteroatoms. The van der Waals surface area contributed by atoms with E-state index in [1.54, 1.807) is 34.9 Å². The summed E-state index contributed by atoms with van der Waals surface area (Å²) in [5.41, 5.74) is 9.57. The maximum absolute atomic E-state index is 13.3. The summed E-state index contributed by atoms with van der Waals surface area (Å²) in [6, 6.07) is 12.0. The predicted molar refractivity (Wildman–Crippen MR) is 129 cm³/mol. The zero-order chi connectivity index (χ0) is 24.1. The Morgan fingerprint density at radius 3 is 2.74 bits per heavy atom. The average molecular weight is 507 g/mol. The molecule has 5 aromatic rings. The molecule has 0 spiro atoms. The van der Waals surface area contributed by atoms with Crippen LogP contribution in [0.4, 0.5) is 5.82 Å². The molecule has 0 saturated carbocycles. The molecule has 0 unspecified atom stereocenters. The molecule has 0 radical (unpaired) electrons. The SMILES string of the molecule is Nc1ccc(-c2[nH]c([C@@H]3CCc4cc(-c5cc(Cl)ccc5-n5cnnn5)cc(=O)n43)nc2Cl)nn1. The molecule has 0 aliphatic carbocycles. The van der Waals surface area contributed by atoms with Gasteiger partial charge in [0.25, 0.3) is 5.56 Å². The second-order valence-corrected chi connectivity index (χ2v) is 8.84. The van der Waals surface area contributed by atoms with Gasteiger partial charge in [0.05, 0.1) is 11.7 Å². The van der Waals surface area contributed by atoms with Gasteiger partial charge >= 0.3 is 0 Å². The number of benzene rings is 1. The minimum Gasteiger partial charge on any atom is -0.382 e. The van der Waals surface area contributed by atoms with E-state index in [1.807, 2.05) is 12.1 Å². The van der Waals surface area contributed by atoms with Crippen molar-refractivity contribution in [2.24, 2.45) is 0 Å². The fourth-order valence-electron chi connectivity index (χ4n) is 4.39. The second kappa shape index (κ2) is 8.29. The Morgan fingerprint density at radius 1 is 1.09 bits per heavy atom. The maximum atomic E-state index is 13.3. The van der Waals surface area contributed by atoms with E-state index >= 15 is 0 Å². The fourth-order valence-corrected chi connectivity index (χ4v) is 4.80. The first-order chi connectivity index (χ1) is 17.0. The van der Waals surface area contributed by atoms with Crippen LogP contribution in [0.2, 0.25) is 10.2 Å². The first kappa shape index (κ1) is 21.4. The van der Waals surface area contributed by atoms with Crippen LogP contribution in [0, 0.1) is 0 Å². The summed E-state index contributed by atoms with van der Waals surface area (Å²) < 4.78 is 3.27. The Bertz CT molecular complexity index is 1610. The number of pyridine rings is 1. The van der Waals surface area contributed by atoms with Gasteiger partial charge in [-0.05, 0) is 65.2 Å². The van der Waals surface area contributed by atoms with Crippen molar-refractivity contribution in [2.45, 2.75) is 18.9 Å². The molecule has 1 aliphatic rings. The van der Waals surface area contributed by atoms with Gasteiger partial charge in [-0.15, -0.1) is 15.3 Å². The quantitative estimate of drug-likeness (QED) is 0.377. The molecule has 6 rings (SSSR count). The van der Waals surface area contributed by atoms with Gasteiger partial charge in [0.1, 0.15) is 29.4 Å². The summed E-state index contributed by atoms with van der Waals surface area (Å²) in [4.78, 5) is 21.0. The zero-order valence-electron chi connectivity index (χ0n) is 17.9. The van der Waals surface area contributed by atoms with Gasteiger partial charge < -0.3 is 15.3 Å². The van der Waals surface area contributed by atoms with Crippen LogP contribution >= 0.6 is 23.2 Å². The summed E-state index contributed by atoms with van der Waals surface area (Å²) in [6.45, 7) is 0. The Kier molecular flexibility index (Phi) is 5.08. The first-order valence-electron chi connectivity index (χ1n) is 10.6. The van der Waals surface area contributed by atoms with Gasteiger partial charge in [-0.3, -0.25) is 4.79 Å². The summed E-state index contributed by atoms with van der Waals surface area (Å²) in [5.74, 6) is 0.883. The van der Waals surface area contributed by atoms with E-state index in [0.717, 1.165) is 16.8 Å². The van der Waals surface area contributed by atoms with Crippen LogP contribution in [0.3, 0.4) is 0 Å². The number of hydrogen-bond acceptors (Lipinski definition) is 8. The van der Waals surface area contributed by atoms with Crippen molar-refractivity contribution in [3.8, 4) is 28.2 Å². The van der Waals surface area contributed by atoms with Gasteiger partial charge in [0.2, 0.25) is 0 Å². The zero-order valence-corrected chi connectivity index (χ0v) is 19.4. The van der Waals surface area contributed by atoms with Gasteiger partial charge in [0.15, 0.2) is 5.15 Å². The molecule has 0 fully saturated rings. The topological polar surface area (TPSA) is 146 Å². The number of H-pyrrole nitrogens is 1. The number of hydrogen-bond donors (Lipinski definition) is 2. The third-order valence-electron chi connectivity index (χ3n) is 5.93. The molecule has 0 bridgehead atoms. The first-order valence-corrected chi connectivity index (χ1v) is 11.4. The summed E-state index contributed by atoms with van der Waals surface area (Å²) in [6.07, 6.45) is 2.86. The van der Waals surface area contributed by atoms with Crippen molar-refractivity contribution in [1.82, 2.24) is 44.9 Å². The smallest absolute Gasteiger partial charge is 0.252 e. The summed E-state index contributed by atoms with van der Waals surface area (Å²) in [5, 5.41) is 20.1. The Balaban J connectivity index is 1.41. The van der Waals surface area contributed by atoms with Crippen LogP contribution in [0.25, 0.3) is 28.2 Å². The second-order valence-electron chi connectivity index (χ2n) is 8.05. The number of rotatable bonds is 4. The van der Waals surface area contributed by atoms with Crippen molar-refractivity contribution in [3.05, 3.63) is 80.8 Å².